The summed E-state index contributed by atoms with van der Waals surface area (Å²) < 4.78 is 0. The van der Waals surface area contributed by atoms with E-state index in [1.807, 2.05) is 12.4 Å². The highest BCUT2D eigenvalue weighted by atomic mass is 14.9. The van der Waals surface area contributed by atoms with E-state index in [-0.39, 0.29) is 0 Å². The summed E-state index contributed by atoms with van der Waals surface area (Å²) in [6.45, 7) is 5.76. The van der Waals surface area contributed by atoms with Gasteiger partial charge in [-0.3, -0.25) is 0 Å². The van der Waals surface area contributed by atoms with Gasteiger partial charge in [0.15, 0.2) is 0 Å². The molecule has 1 aromatic rings. The molecule has 1 saturated carbocycles. The standard InChI is InChI=1S/C14H25N3/c1-11(2)12-3-5-13(6-4-12)15-8-7-14-16-9-10-17-14/h9-13,15H,3-8H2,1-2H3,(H,16,17). The van der Waals surface area contributed by atoms with Crippen molar-refractivity contribution in [3.63, 3.8) is 0 Å². The first-order valence-corrected chi connectivity index (χ1v) is 6.97. The summed E-state index contributed by atoms with van der Waals surface area (Å²) in [5.41, 5.74) is 0. The van der Waals surface area contributed by atoms with Gasteiger partial charge in [0.2, 0.25) is 0 Å². The molecule has 0 atom stereocenters. The first-order chi connectivity index (χ1) is 8.25. The van der Waals surface area contributed by atoms with Crippen molar-refractivity contribution >= 4 is 0 Å². The Kier molecular flexibility index (Phi) is 4.60. The minimum Gasteiger partial charge on any atom is -0.349 e. The average Bonchev–Trinajstić information content (AvgIpc) is 2.83. The number of aromatic nitrogens is 2. The van der Waals surface area contributed by atoms with Gasteiger partial charge in [0.05, 0.1) is 0 Å². The van der Waals surface area contributed by atoms with Gasteiger partial charge in [-0.15, -0.1) is 0 Å². The lowest BCUT2D eigenvalue weighted by Gasteiger charge is -2.31. The smallest absolute Gasteiger partial charge is 0.107 e. The normalized spacial score (nSPS) is 25.4. The summed E-state index contributed by atoms with van der Waals surface area (Å²) in [6.07, 6.45) is 10.2. The second kappa shape index (κ2) is 6.20. The Morgan fingerprint density at radius 1 is 1.35 bits per heavy atom. The molecule has 1 aliphatic carbocycles. The fourth-order valence-electron chi connectivity index (χ4n) is 2.82. The van der Waals surface area contributed by atoms with Crippen molar-refractivity contribution in [1.82, 2.24) is 15.3 Å². The zero-order valence-corrected chi connectivity index (χ0v) is 11.1. The largest absolute Gasteiger partial charge is 0.349 e. The van der Waals surface area contributed by atoms with Crippen LogP contribution in [0, 0.1) is 11.8 Å². The lowest BCUT2D eigenvalue weighted by molar-refractivity contribution is 0.239. The van der Waals surface area contributed by atoms with E-state index in [0.717, 1.165) is 36.7 Å². The van der Waals surface area contributed by atoms with Gasteiger partial charge in [0.25, 0.3) is 0 Å². The molecule has 1 aliphatic rings. The number of hydrogen-bond acceptors (Lipinski definition) is 2. The zero-order chi connectivity index (χ0) is 12.1. The molecule has 0 spiro atoms. The molecule has 0 amide bonds. The van der Waals surface area contributed by atoms with Crippen molar-refractivity contribution in [3.05, 3.63) is 18.2 Å². The van der Waals surface area contributed by atoms with Crippen molar-refractivity contribution < 1.29 is 0 Å². The topological polar surface area (TPSA) is 40.7 Å². The Balaban J connectivity index is 1.62. The number of rotatable bonds is 5. The van der Waals surface area contributed by atoms with Crippen LogP contribution in [0.15, 0.2) is 12.4 Å². The van der Waals surface area contributed by atoms with Gasteiger partial charge in [0.1, 0.15) is 5.82 Å². The number of hydrogen-bond donors (Lipinski definition) is 2. The van der Waals surface area contributed by atoms with E-state index in [0.29, 0.717) is 0 Å². The number of nitrogens with zero attached hydrogens (tertiary/aromatic N) is 1. The quantitative estimate of drug-likeness (QED) is 0.824. The molecule has 3 heteroatoms. The number of H-pyrrole nitrogens is 1. The number of nitrogens with one attached hydrogen (secondary N) is 2. The molecule has 0 radical (unpaired) electrons. The fraction of sp³-hybridized carbons (Fsp3) is 0.786. The van der Waals surface area contributed by atoms with Gasteiger partial charge in [-0.1, -0.05) is 13.8 Å². The van der Waals surface area contributed by atoms with Crippen molar-refractivity contribution in [1.29, 1.82) is 0 Å². The molecule has 0 saturated heterocycles. The molecule has 0 bridgehead atoms. The van der Waals surface area contributed by atoms with Gasteiger partial charge >= 0.3 is 0 Å². The summed E-state index contributed by atoms with van der Waals surface area (Å²) in [4.78, 5) is 7.38. The van der Waals surface area contributed by atoms with E-state index in [4.69, 9.17) is 0 Å². The predicted molar refractivity (Wildman–Crippen MR) is 70.9 cm³/mol. The molecule has 0 unspecified atom stereocenters. The van der Waals surface area contributed by atoms with E-state index < -0.39 is 0 Å². The van der Waals surface area contributed by atoms with Crippen LogP contribution in [0.3, 0.4) is 0 Å². The first kappa shape index (κ1) is 12.6. The average molecular weight is 235 g/mol. The third-order valence-corrected chi connectivity index (χ3v) is 4.06. The lowest BCUT2D eigenvalue weighted by Crippen LogP contribution is -2.35. The van der Waals surface area contributed by atoms with Crippen LogP contribution in [0.4, 0.5) is 0 Å². The van der Waals surface area contributed by atoms with E-state index in [1.54, 1.807) is 0 Å². The highest BCUT2D eigenvalue weighted by molar-refractivity contribution is 4.88. The summed E-state index contributed by atoms with van der Waals surface area (Å²) >= 11 is 0. The van der Waals surface area contributed by atoms with Gasteiger partial charge in [-0.25, -0.2) is 4.98 Å². The number of aromatic amines is 1. The van der Waals surface area contributed by atoms with Crippen LogP contribution >= 0.6 is 0 Å². The van der Waals surface area contributed by atoms with E-state index >= 15 is 0 Å². The summed E-state index contributed by atoms with van der Waals surface area (Å²) in [5.74, 6) is 2.91. The molecule has 1 fully saturated rings. The van der Waals surface area contributed by atoms with Crippen LogP contribution in [0.5, 0.6) is 0 Å². The summed E-state index contributed by atoms with van der Waals surface area (Å²) in [6, 6.07) is 0.736. The van der Waals surface area contributed by atoms with E-state index in [1.165, 1.54) is 25.7 Å². The highest BCUT2D eigenvalue weighted by Gasteiger charge is 2.22. The van der Waals surface area contributed by atoms with Gasteiger partial charge < -0.3 is 10.3 Å². The van der Waals surface area contributed by atoms with E-state index in [9.17, 15) is 0 Å². The van der Waals surface area contributed by atoms with Crippen LogP contribution < -0.4 is 5.32 Å². The summed E-state index contributed by atoms with van der Waals surface area (Å²) in [7, 11) is 0. The van der Waals surface area contributed by atoms with Crippen molar-refractivity contribution in [2.75, 3.05) is 6.54 Å². The first-order valence-electron chi connectivity index (χ1n) is 6.97. The third kappa shape index (κ3) is 3.84. The maximum absolute atomic E-state index is 4.24. The molecular formula is C14H25N3. The van der Waals surface area contributed by atoms with Gasteiger partial charge in [-0.2, -0.15) is 0 Å². The maximum atomic E-state index is 4.24. The second-order valence-corrected chi connectivity index (χ2v) is 5.60. The zero-order valence-electron chi connectivity index (χ0n) is 11.1. The monoisotopic (exact) mass is 235 g/mol. The SMILES string of the molecule is CC(C)C1CCC(NCCc2ncc[nH]2)CC1. The van der Waals surface area contributed by atoms with Crippen molar-refractivity contribution in [2.45, 2.75) is 52.0 Å². The van der Waals surface area contributed by atoms with Crippen molar-refractivity contribution in [2.24, 2.45) is 11.8 Å². The van der Waals surface area contributed by atoms with Crippen molar-refractivity contribution in [3.8, 4) is 0 Å². The van der Waals surface area contributed by atoms with Gasteiger partial charge in [-0.05, 0) is 37.5 Å². The second-order valence-electron chi connectivity index (χ2n) is 5.60. The summed E-state index contributed by atoms with van der Waals surface area (Å²) in [5, 5.41) is 3.66. The Morgan fingerprint density at radius 2 is 2.12 bits per heavy atom. The van der Waals surface area contributed by atoms with Crippen LogP contribution in [0.1, 0.15) is 45.4 Å². The Bertz CT molecular complexity index is 297. The molecule has 1 heterocycles. The Morgan fingerprint density at radius 3 is 2.71 bits per heavy atom. The molecule has 2 rings (SSSR count). The maximum Gasteiger partial charge on any atom is 0.107 e. The van der Waals surface area contributed by atoms with Crippen LogP contribution in [-0.2, 0) is 6.42 Å². The highest BCUT2D eigenvalue weighted by Crippen LogP contribution is 2.29. The number of imidazole rings is 1. The van der Waals surface area contributed by atoms with Gasteiger partial charge in [0, 0.05) is 31.4 Å². The van der Waals surface area contributed by atoms with E-state index in [2.05, 4.69) is 29.1 Å². The fourth-order valence-corrected chi connectivity index (χ4v) is 2.82. The molecule has 17 heavy (non-hydrogen) atoms. The molecule has 3 nitrogen and oxygen atoms in total. The molecule has 2 N–H and O–H groups in total. The van der Waals surface area contributed by atoms with Crippen LogP contribution in [0.25, 0.3) is 0 Å². The Hall–Kier alpha value is -0.830. The molecule has 96 valence electrons. The molecule has 0 aliphatic heterocycles. The Labute approximate surface area is 104 Å². The third-order valence-electron chi connectivity index (χ3n) is 4.06. The van der Waals surface area contributed by atoms with Crippen LogP contribution in [0.2, 0.25) is 0 Å². The molecular weight excluding hydrogens is 210 g/mol. The minimum atomic E-state index is 0.736. The predicted octanol–water partition coefficient (Wildman–Crippen LogP) is 2.76. The lowest BCUT2D eigenvalue weighted by atomic mass is 9.80. The minimum absolute atomic E-state index is 0.736. The molecule has 1 aromatic heterocycles. The molecule has 0 aromatic carbocycles. The van der Waals surface area contributed by atoms with Crippen LogP contribution in [-0.4, -0.2) is 22.6 Å².